The van der Waals surface area contributed by atoms with Crippen LogP contribution in [-0.4, -0.2) is 0 Å². The summed E-state index contributed by atoms with van der Waals surface area (Å²) in [4.78, 5) is 2.41. The van der Waals surface area contributed by atoms with Crippen molar-refractivity contribution < 1.29 is 8.83 Å². The Morgan fingerprint density at radius 3 is 1.71 bits per heavy atom. The predicted molar refractivity (Wildman–Crippen MR) is 275 cm³/mol. The Morgan fingerprint density at radius 2 is 0.969 bits per heavy atom. The highest BCUT2D eigenvalue weighted by Crippen LogP contribution is 2.50. The molecule has 306 valence electrons. The average Bonchev–Trinajstić information content (AvgIpc) is 3.96. The number of hydrogen-bond acceptors (Lipinski definition) is 3. The Labute approximate surface area is 377 Å². The quantitative estimate of drug-likeness (QED) is 0.145. The van der Waals surface area contributed by atoms with Gasteiger partial charge in [-0.15, -0.1) is 0 Å². The van der Waals surface area contributed by atoms with E-state index < -0.39 is 0 Å². The number of rotatable bonds is 9. The topological polar surface area (TPSA) is 29.5 Å². The van der Waals surface area contributed by atoms with Crippen molar-refractivity contribution in [3.63, 3.8) is 0 Å². The van der Waals surface area contributed by atoms with Gasteiger partial charge in [-0.25, -0.2) is 0 Å². The van der Waals surface area contributed by atoms with Crippen LogP contribution in [0.2, 0.25) is 0 Å². The third-order valence-electron chi connectivity index (χ3n) is 12.8. The van der Waals surface area contributed by atoms with Crippen LogP contribution in [0.5, 0.6) is 0 Å². The van der Waals surface area contributed by atoms with E-state index in [9.17, 15) is 0 Å². The van der Waals surface area contributed by atoms with Gasteiger partial charge in [-0.2, -0.15) is 0 Å². The molecular weight excluding hydrogens is 791 g/mol. The van der Waals surface area contributed by atoms with Crippen LogP contribution in [0.1, 0.15) is 11.1 Å². The molecule has 0 aliphatic rings. The highest BCUT2D eigenvalue weighted by atomic mass is 16.3. The zero-order chi connectivity index (χ0) is 43.4. The van der Waals surface area contributed by atoms with Gasteiger partial charge in [0.15, 0.2) is 0 Å². The Morgan fingerprint density at radius 1 is 0.369 bits per heavy atom. The normalized spacial score (nSPS) is 11.5. The maximum absolute atomic E-state index is 7.09. The lowest BCUT2D eigenvalue weighted by molar-refractivity contribution is 0.669. The fourth-order valence-corrected chi connectivity index (χ4v) is 9.67. The summed E-state index contributed by atoms with van der Waals surface area (Å²) in [7, 11) is 0. The molecule has 10 aromatic carbocycles. The number of para-hydroxylation sites is 1. The maximum Gasteiger partial charge on any atom is 0.145 e. The second-order valence-corrected chi connectivity index (χ2v) is 16.5. The third kappa shape index (κ3) is 6.44. The lowest BCUT2D eigenvalue weighted by atomic mass is 9.94. The zero-order valence-corrected chi connectivity index (χ0v) is 35.5. The minimum atomic E-state index is 0.818. The molecule has 0 aliphatic heterocycles. The molecule has 0 radical (unpaired) electrons. The molecule has 0 spiro atoms. The minimum absolute atomic E-state index is 0.818. The largest absolute Gasteiger partial charge is 0.456 e. The van der Waals surface area contributed by atoms with E-state index in [-0.39, 0.29) is 0 Å². The van der Waals surface area contributed by atoms with E-state index in [1.54, 1.807) is 0 Å². The number of furan rings is 2. The Bertz CT molecular complexity index is 3790. The highest BCUT2D eigenvalue weighted by Gasteiger charge is 2.26. The summed E-state index contributed by atoms with van der Waals surface area (Å²) in [5, 5.41) is 6.46. The molecule has 0 unspecified atom stereocenters. The first-order chi connectivity index (χ1) is 32.1. The van der Waals surface area contributed by atoms with Gasteiger partial charge >= 0.3 is 0 Å². The van der Waals surface area contributed by atoms with E-state index in [0.717, 1.165) is 127 Å². The van der Waals surface area contributed by atoms with E-state index in [4.69, 9.17) is 8.83 Å². The molecule has 0 amide bonds. The SMILES string of the molecule is C=Cc1ccc2ccc(-c3ccc(N(c4cc(-c5ccccc5)cc5oc6ccccc6c45)c4ccc(-c5ccccc5)c5oc6cc(-c7ccccc7)ccc6c45)cc3)cc2c1C=C. The summed E-state index contributed by atoms with van der Waals surface area (Å²) in [6, 6.07) is 75.4. The van der Waals surface area contributed by atoms with Gasteiger partial charge in [-0.1, -0.05) is 177 Å². The molecule has 2 aromatic heterocycles. The number of fused-ring (bicyclic) bond motifs is 7. The molecule has 0 aliphatic carbocycles. The smallest absolute Gasteiger partial charge is 0.145 e. The van der Waals surface area contributed by atoms with Crippen LogP contribution >= 0.6 is 0 Å². The summed E-state index contributed by atoms with van der Waals surface area (Å²) < 4.78 is 13.8. The van der Waals surface area contributed by atoms with Gasteiger partial charge in [0.05, 0.1) is 22.1 Å². The van der Waals surface area contributed by atoms with Crippen molar-refractivity contribution in [3.05, 3.63) is 237 Å². The molecule has 12 aromatic rings. The summed E-state index contributed by atoms with van der Waals surface area (Å²) in [6.45, 7) is 8.22. The first kappa shape index (κ1) is 38.0. The Kier molecular flexibility index (Phi) is 9.13. The van der Waals surface area contributed by atoms with E-state index >= 15 is 0 Å². The standard InChI is InChI=1S/C62H41NO2/c1-3-40-24-25-45-26-27-46(36-54(45)50(40)4-2)43-28-31-49(32-29-43)63(56-37-48(42-18-10-6-11-19-42)39-59-60(56)52-22-14-15-23-57(52)64-59)55-35-34-51(44-20-12-7-13-21-44)62-61(55)53-33-30-47(38-58(53)65-62)41-16-8-5-9-17-41/h3-39H,1-2H2. The van der Waals surface area contributed by atoms with E-state index in [2.05, 4.69) is 224 Å². The summed E-state index contributed by atoms with van der Waals surface area (Å²) in [6.07, 6.45) is 3.83. The third-order valence-corrected chi connectivity index (χ3v) is 12.8. The van der Waals surface area contributed by atoms with Crippen LogP contribution < -0.4 is 4.90 Å². The molecule has 0 bridgehead atoms. The van der Waals surface area contributed by atoms with Crippen LogP contribution in [0.4, 0.5) is 17.1 Å². The van der Waals surface area contributed by atoms with Crippen molar-refractivity contribution >= 4 is 83.9 Å². The van der Waals surface area contributed by atoms with Gasteiger partial charge in [0.2, 0.25) is 0 Å². The summed E-state index contributed by atoms with van der Waals surface area (Å²) in [5.41, 5.74) is 17.2. The summed E-state index contributed by atoms with van der Waals surface area (Å²) >= 11 is 0. The van der Waals surface area contributed by atoms with Crippen LogP contribution in [0.15, 0.2) is 234 Å². The van der Waals surface area contributed by atoms with Gasteiger partial charge in [-0.3, -0.25) is 0 Å². The summed E-state index contributed by atoms with van der Waals surface area (Å²) in [5.74, 6) is 0. The highest BCUT2D eigenvalue weighted by molar-refractivity contribution is 6.20. The van der Waals surface area contributed by atoms with Crippen molar-refractivity contribution in [3.8, 4) is 44.5 Å². The van der Waals surface area contributed by atoms with Gasteiger partial charge in [-0.05, 0) is 122 Å². The number of hydrogen-bond donors (Lipinski definition) is 0. The molecule has 0 saturated carbocycles. The molecule has 3 heteroatoms. The van der Waals surface area contributed by atoms with Gasteiger partial charge < -0.3 is 13.7 Å². The first-order valence-corrected chi connectivity index (χ1v) is 22.0. The molecule has 2 heterocycles. The molecule has 0 fully saturated rings. The van der Waals surface area contributed by atoms with Crippen molar-refractivity contribution in [2.24, 2.45) is 0 Å². The zero-order valence-electron chi connectivity index (χ0n) is 35.5. The van der Waals surface area contributed by atoms with Crippen LogP contribution in [0.25, 0.3) is 111 Å². The molecule has 0 saturated heterocycles. The molecule has 3 nitrogen and oxygen atoms in total. The number of nitrogens with zero attached hydrogens (tertiary/aromatic N) is 1. The first-order valence-electron chi connectivity index (χ1n) is 22.0. The van der Waals surface area contributed by atoms with Crippen molar-refractivity contribution in [1.82, 2.24) is 0 Å². The average molecular weight is 832 g/mol. The molecule has 0 N–H and O–H groups in total. The molecule has 0 atom stereocenters. The van der Waals surface area contributed by atoms with Crippen LogP contribution in [0.3, 0.4) is 0 Å². The van der Waals surface area contributed by atoms with E-state index in [1.807, 2.05) is 18.2 Å². The Hall–Kier alpha value is -8.66. The van der Waals surface area contributed by atoms with Crippen LogP contribution in [0, 0.1) is 0 Å². The fourth-order valence-electron chi connectivity index (χ4n) is 9.67. The number of anilines is 3. The van der Waals surface area contributed by atoms with Crippen molar-refractivity contribution in [1.29, 1.82) is 0 Å². The minimum Gasteiger partial charge on any atom is -0.456 e. The van der Waals surface area contributed by atoms with E-state index in [0.29, 0.717) is 0 Å². The number of benzene rings is 10. The second-order valence-electron chi connectivity index (χ2n) is 16.5. The van der Waals surface area contributed by atoms with Crippen LogP contribution in [-0.2, 0) is 0 Å². The lowest BCUT2D eigenvalue weighted by Gasteiger charge is -2.28. The molecular formula is C62H41NO2. The van der Waals surface area contributed by atoms with Gasteiger partial charge in [0.25, 0.3) is 0 Å². The Balaban J connectivity index is 1.14. The van der Waals surface area contributed by atoms with Crippen molar-refractivity contribution in [2.75, 3.05) is 4.90 Å². The molecule has 65 heavy (non-hydrogen) atoms. The fraction of sp³-hybridized carbons (Fsp3) is 0. The van der Waals surface area contributed by atoms with Gasteiger partial charge in [0.1, 0.15) is 22.3 Å². The second kappa shape index (κ2) is 15.6. The lowest BCUT2D eigenvalue weighted by Crippen LogP contribution is -2.11. The maximum atomic E-state index is 7.09. The predicted octanol–water partition coefficient (Wildman–Crippen LogP) is 18.1. The monoisotopic (exact) mass is 831 g/mol. The van der Waals surface area contributed by atoms with Crippen molar-refractivity contribution in [2.45, 2.75) is 0 Å². The van der Waals surface area contributed by atoms with E-state index in [1.165, 1.54) is 0 Å². The molecule has 12 rings (SSSR count). The van der Waals surface area contributed by atoms with Gasteiger partial charge in [0, 0.05) is 22.0 Å².